The maximum absolute atomic E-state index is 12.9. The van der Waals surface area contributed by atoms with Gasteiger partial charge in [-0.05, 0) is 31.9 Å². The van der Waals surface area contributed by atoms with E-state index in [0.29, 0.717) is 6.54 Å². The summed E-state index contributed by atoms with van der Waals surface area (Å²) >= 11 is 1.77. The van der Waals surface area contributed by atoms with Crippen LogP contribution in [0.2, 0.25) is 0 Å². The highest BCUT2D eigenvalue weighted by molar-refractivity contribution is 7.99. The zero-order valence-electron chi connectivity index (χ0n) is 19.7. The molecule has 1 spiro atoms. The van der Waals surface area contributed by atoms with Crippen molar-refractivity contribution in [3.63, 3.8) is 0 Å². The summed E-state index contributed by atoms with van der Waals surface area (Å²) in [7, 11) is 0. The first kappa shape index (κ1) is 24.6. The molecule has 7 nitrogen and oxygen atoms in total. The number of nitrogens with zero attached hydrogens (tertiary/aromatic N) is 3. The second-order valence-electron chi connectivity index (χ2n) is 8.50. The van der Waals surface area contributed by atoms with E-state index in [4.69, 9.17) is 9.97 Å². The van der Waals surface area contributed by atoms with E-state index in [1.807, 2.05) is 24.3 Å². The van der Waals surface area contributed by atoms with Crippen LogP contribution >= 0.6 is 11.8 Å². The van der Waals surface area contributed by atoms with Gasteiger partial charge in [0.25, 0.3) is 0 Å². The molecule has 3 aliphatic rings. The number of amides is 2. The largest absolute Gasteiger partial charge is 0.365 e. The van der Waals surface area contributed by atoms with Gasteiger partial charge in [0.05, 0.1) is 22.0 Å². The van der Waals surface area contributed by atoms with Gasteiger partial charge in [-0.15, -0.1) is 24.6 Å². The number of carbonyl (C=O) groups is 1. The Kier molecular flexibility index (Phi) is 7.61. The summed E-state index contributed by atoms with van der Waals surface area (Å²) in [6.45, 7) is 3.49. The van der Waals surface area contributed by atoms with E-state index < -0.39 is 0 Å². The number of para-hydroxylation sites is 1. The van der Waals surface area contributed by atoms with Gasteiger partial charge in [0.2, 0.25) is 5.95 Å². The van der Waals surface area contributed by atoms with E-state index in [1.54, 1.807) is 17.8 Å². The first-order valence-corrected chi connectivity index (χ1v) is 12.6. The summed E-state index contributed by atoms with van der Waals surface area (Å²) in [6, 6.07) is 7.87. The van der Waals surface area contributed by atoms with Crippen LogP contribution in [0.25, 0.3) is 0 Å². The van der Waals surface area contributed by atoms with Gasteiger partial charge >= 0.3 is 6.03 Å². The minimum absolute atomic E-state index is 0.148. The van der Waals surface area contributed by atoms with Crippen molar-refractivity contribution in [2.45, 2.75) is 36.6 Å². The lowest BCUT2D eigenvalue weighted by molar-refractivity contribution is 0.219. The lowest BCUT2D eigenvalue weighted by atomic mass is 9.79. The Balaban J connectivity index is 0.00000141. The molecule has 182 valence electrons. The lowest BCUT2D eigenvalue weighted by Crippen LogP contribution is -2.57. The minimum Gasteiger partial charge on any atom is -0.365 e. The van der Waals surface area contributed by atoms with Crippen LogP contribution in [0.15, 0.2) is 53.2 Å². The number of anilines is 3. The molecule has 1 aromatic carbocycles. The lowest BCUT2D eigenvalue weighted by Gasteiger charge is -2.45. The maximum atomic E-state index is 12.9. The van der Waals surface area contributed by atoms with Gasteiger partial charge in [-0.2, -0.15) is 4.98 Å². The van der Waals surface area contributed by atoms with Crippen molar-refractivity contribution in [2.75, 3.05) is 40.9 Å². The first-order chi connectivity index (χ1) is 17.0. The fraction of sp³-hybridized carbons (Fsp3) is 0.346. The average molecular weight is 493 g/mol. The molecule has 1 fully saturated rings. The molecule has 0 bridgehead atoms. The quantitative estimate of drug-likeness (QED) is 0.409. The Morgan fingerprint density at radius 1 is 1.29 bits per heavy atom. The number of piperidine rings is 1. The SMILES string of the molecule is C#C.C/C(F)=C\C=C/CNc1nc(N2CCC3(CC2)NC(=O)Nc2ccccc23)nc2c1SCC2. The topological polar surface area (TPSA) is 82.2 Å². The maximum Gasteiger partial charge on any atom is 0.319 e. The van der Waals surface area contributed by atoms with Crippen molar-refractivity contribution >= 4 is 35.2 Å². The minimum atomic E-state index is -0.365. The molecule has 0 aliphatic carbocycles. The highest BCUT2D eigenvalue weighted by Crippen LogP contribution is 2.41. The van der Waals surface area contributed by atoms with Gasteiger partial charge in [-0.3, -0.25) is 0 Å². The number of rotatable bonds is 5. The third kappa shape index (κ3) is 5.28. The number of terminal acetylenes is 1. The molecule has 0 atom stereocenters. The molecule has 3 N–H and O–H groups in total. The van der Waals surface area contributed by atoms with Crippen LogP contribution in [0, 0.1) is 12.8 Å². The summed E-state index contributed by atoms with van der Waals surface area (Å²) in [4.78, 5) is 25.4. The molecule has 35 heavy (non-hydrogen) atoms. The standard InChI is InChI=1S/C24H27FN6OS.C2H2/c1-16(25)6-4-5-12-26-21-20-19(9-15-33-20)27-22(29-21)31-13-10-24(11-14-31)17-7-2-3-8-18(17)28-23(32)30-24;1-2/h2-8H,9-15H2,1H3,(H,26,27,29)(H2,28,30,32);1-2H/b5-4-,16-6+;. The number of nitrogens with one attached hydrogen (secondary N) is 3. The van der Waals surface area contributed by atoms with E-state index >= 15 is 0 Å². The van der Waals surface area contributed by atoms with Crippen molar-refractivity contribution < 1.29 is 9.18 Å². The second kappa shape index (κ2) is 10.8. The normalized spacial score (nSPS) is 18.2. The number of carbonyl (C=O) groups excluding carboxylic acids is 1. The molecule has 3 aliphatic heterocycles. The second-order valence-corrected chi connectivity index (χ2v) is 9.61. The summed E-state index contributed by atoms with van der Waals surface area (Å²) in [5.74, 6) is 2.35. The van der Waals surface area contributed by atoms with E-state index in [0.717, 1.165) is 71.7 Å². The number of urea groups is 1. The number of allylic oxidation sites excluding steroid dienone is 3. The molecule has 0 radical (unpaired) electrons. The predicted octanol–water partition coefficient (Wildman–Crippen LogP) is 4.85. The predicted molar refractivity (Wildman–Crippen MR) is 141 cm³/mol. The first-order valence-electron chi connectivity index (χ1n) is 11.6. The number of aryl methyl sites for hydroxylation is 1. The Hall–Kier alpha value is -3.51. The van der Waals surface area contributed by atoms with Crippen molar-refractivity contribution in [2.24, 2.45) is 0 Å². The van der Waals surface area contributed by atoms with Crippen LogP contribution in [0.3, 0.4) is 0 Å². The molecular weight excluding hydrogens is 463 g/mol. The third-order valence-electron chi connectivity index (χ3n) is 6.30. The fourth-order valence-corrected chi connectivity index (χ4v) is 5.74. The third-order valence-corrected chi connectivity index (χ3v) is 7.43. The van der Waals surface area contributed by atoms with Crippen LogP contribution in [0.1, 0.15) is 31.0 Å². The van der Waals surface area contributed by atoms with Crippen LogP contribution in [-0.2, 0) is 12.0 Å². The Morgan fingerprint density at radius 2 is 2.06 bits per heavy atom. The van der Waals surface area contributed by atoms with E-state index in [-0.39, 0.29) is 17.4 Å². The van der Waals surface area contributed by atoms with E-state index in [2.05, 4.69) is 39.8 Å². The van der Waals surface area contributed by atoms with Crippen LogP contribution in [0.4, 0.5) is 26.6 Å². The van der Waals surface area contributed by atoms with Crippen LogP contribution in [-0.4, -0.2) is 41.4 Å². The van der Waals surface area contributed by atoms with Gasteiger partial charge in [-0.25, -0.2) is 14.2 Å². The number of fused-ring (bicyclic) bond motifs is 3. The number of aromatic nitrogens is 2. The summed E-state index contributed by atoms with van der Waals surface area (Å²) in [5.41, 5.74) is 2.74. The molecule has 5 rings (SSSR count). The molecule has 4 heterocycles. The average Bonchev–Trinajstić information content (AvgIpc) is 3.34. The molecule has 0 saturated carbocycles. The van der Waals surface area contributed by atoms with Gasteiger partial charge in [0.1, 0.15) is 5.82 Å². The van der Waals surface area contributed by atoms with Crippen LogP contribution < -0.4 is 20.9 Å². The smallest absolute Gasteiger partial charge is 0.319 e. The molecule has 1 aromatic heterocycles. The molecule has 2 amide bonds. The van der Waals surface area contributed by atoms with E-state index in [9.17, 15) is 9.18 Å². The molecule has 2 aromatic rings. The summed E-state index contributed by atoms with van der Waals surface area (Å²) in [6.07, 6.45) is 15.5. The number of halogens is 1. The Labute approximate surface area is 209 Å². The van der Waals surface area contributed by atoms with Gasteiger partial charge in [-0.1, -0.05) is 30.4 Å². The number of hydrogen-bond donors (Lipinski definition) is 3. The zero-order chi connectivity index (χ0) is 24.8. The summed E-state index contributed by atoms with van der Waals surface area (Å²) < 4.78 is 12.9. The number of thioether (sulfide) groups is 1. The van der Waals surface area contributed by atoms with Crippen molar-refractivity contribution in [3.8, 4) is 12.8 Å². The van der Waals surface area contributed by atoms with Gasteiger partial charge in [0, 0.05) is 43.1 Å². The molecule has 0 unspecified atom stereocenters. The van der Waals surface area contributed by atoms with Gasteiger partial charge in [0.15, 0.2) is 0 Å². The van der Waals surface area contributed by atoms with Crippen molar-refractivity contribution in [1.29, 1.82) is 0 Å². The Morgan fingerprint density at radius 3 is 2.83 bits per heavy atom. The van der Waals surface area contributed by atoms with Crippen LogP contribution in [0.5, 0.6) is 0 Å². The zero-order valence-corrected chi connectivity index (χ0v) is 20.5. The van der Waals surface area contributed by atoms with Crippen molar-refractivity contribution in [3.05, 3.63) is 59.6 Å². The van der Waals surface area contributed by atoms with Gasteiger partial charge < -0.3 is 20.9 Å². The highest BCUT2D eigenvalue weighted by atomic mass is 32.2. The van der Waals surface area contributed by atoms with E-state index in [1.165, 1.54) is 13.0 Å². The molecule has 9 heteroatoms. The Bertz CT molecular complexity index is 1170. The number of benzene rings is 1. The highest BCUT2D eigenvalue weighted by Gasteiger charge is 2.42. The van der Waals surface area contributed by atoms with Crippen molar-refractivity contribution in [1.82, 2.24) is 15.3 Å². The summed E-state index contributed by atoms with van der Waals surface area (Å²) in [5, 5.41) is 9.48. The molecule has 1 saturated heterocycles. The number of hydrogen-bond acceptors (Lipinski definition) is 6. The fourth-order valence-electron chi connectivity index (χ4n) is 4.67. The molecular formula is C26H29FN6OS. The monoisotopic (exact) mass is 492 g/mol.